The summed E-state index contributed by atoms with van der Waals surface area (Å²) >= 11 is 0. The molecule has 0 aromatic heterocycles. The molecule has 1 N–H and O–H groups in total. The first-order valence-corrected chi connectivity index (χ1v) is 11.2. The fourth-order valence-electron chi connectivity index (χ4n) is 4.82. The van der Waals surface area contributed by atoms with Crippen molar-refractivity contribution in [2.45, 2.75) is 51.2 Å². The minimum absolute atomic E-state index is 0.0258. The zero-order valence-electron chi connectivity index (χ0n) is 18.7. The highest BCUT2D eigenvalue weighted by Gasteiger charge is 2.41. The van der Waals surface area contributed by atoms with Gasteiger partial charge in [-0.3, -0.25) is 10.1 Å². The minimum Gasteiger partial charge on any atom is -0.493 e. The van der Waals surface area contributed by atoms with Gasteiger partial charge in [0.05, 0.1) is 20.3 Å². The summed E-state index contributed by atoms with van der Waals surface area (Å²) in [6.45, 7) is 2.91. The summed E-state index contributed by atoms with van der Waals surface area (Å²) in [5.41, 5.74) is 4.68. The number of nitrogens with one attached hydrogen (secondary N) is 1. The van der Waals surface area contributed by atoms with Gasteiger partial charge in [0.2, 0.25) is 0 Å². The standard InChI is InChI=1S/C26H32N2O3/c1-18(20-9-5-4-6-10-20)28-25(21-11-7-8-12-22(21)26(28)29)27-16-15-19-13-14-23(30-2)24(17-19)31-3/h4-6,9-10,13-14,17-18,25,27H,7-8,11-12,15-16H2,1-3H3. The number of ether oxygens (including phenoxy) is 2. The van der Waals surface area contributed by atoms with Crippen LogP contribution in [0.2, 0.25) is 0 Å². The van der Waals surface area contributed by atoms with Gasteiger partial charge in [-0.2, -0.15) is 0 Å². The molecular weight excluding hydrogens is 388 g/mol. The van der Waals surface area contributed by atoms with Crippen LogP contribution in [0.5, 0.6) is 11.5 Å². The van der Waals surface area contributed by atoms with Crippen LogP contribution >= 0.6 is 0 Å². The summed E-state index contributed by atoms with van der Waals surface area (Å²) < 4.78 is 10.8. The van der Waals surface area contributed by atoms with Gasteiger partial charge in [-0.25, -0.2) is 0 Å². The normalized spacial score (nSPS) is 19.4. The smallest absolute Gasteiger partial charge is 0.251 e. The van der Waals surface area contributed by atoms with E-state index in [1.54, 1.807) is 14.2 Å². The monoisotopic (exact) mass is 420 g/mol. The summed E-state index contributed by atoms with van der Waals surface area (Å²) in [6, 6.07) is 16.4. The molecule has 164 valence electrons. The highest BCUT2D eigenvalue weighted by molar-refractivity contribution is 5.98. The molecule has 0 saturated heterocycles. The molecule has 0 bridgehead atoms. The lowest BCUT2D eigenvalue weighted by Crippen LogP contribution is -2.47. The average molecular weight is 421 g/mol. The third kappa shape index (κ3) is 4.33. The largest absolute Gasteiger partial charge is 0.493 e. The van der Waals surface area contributed by atoms with E-state index in [9.17, 15) is 4.79 Å². The van der Waals surface area contributed by atoms with E-state index in [2.05, 4.69) is 35.3 Å². The zero-order chi connectivity index (χ0) is 21.8. The fourth-order valence-corrected chi connectivity index (χ4v) is 4.82. The Labute approximate surface area is 185 Å². The maximum absolute atomic E-state index is 13.3. The molecule has 2 aliphatic rings. The summed E-state index contributed by atoms with van der Waals surface area (Å²) in [4.78, 5) is 15.4. The molecule has 5 nitrogen and oxygen atoms in total. The van der Waals surface area contributed by atoms with Gasteiger partial charge in [0.15, 0.2) is 11.5 Å². The SMILES string of the molecule is COc1ccc(CCNC2C3=C(CCCC3)C(=O)N2C(C)c2ccccc2)cc1OC. The molecule has 4 rings (SSSR count). The number of hydrogen-bond donors (Lipinski definition) is 1. The van der Waals surface area contributed by atoms with Gasteiger partial charge in [-0.05, 0) is 67.9 Å². The highest BCUT2D eigenvalue weighted by Crippen LogP contribution is 2.39. The predicted molar refractivity (Wildman–Crippen MR) is 122 cm³/mol. The second-order valence-electron chi connectivity index (χ2n) is 8.31. The van der Waals surface area contributed by atoms with E-state index in [4.69, 9.17) is 9.47 Å². The Morgan fingerprint density at radius 2 is 1.77 bits per heavy atom. The molecule has 0 saturated carbocycles. The first-order chi connectivity index (χ1) is 15.1. The first-order valence-electron chi connectivity index (χ1n) is 11.2. The van der Waals surface area contributed by atoms with Gasteiger partial charge < -0.3 is 14.4 Å². The second kappa shape index (κ2) is 9.56. The van der Waals surface area contributed by atoms with Crippen LogP contribution in [-0.2, 0) is 11.2 Å². The van der Waals surface area contributed by atoms with Crippen molar-refractivity contribution in [3.63, 3.8) is 0 Å². The van der Waals surface area contributed by atoms with Crippen molar-refractivity contribution in [3.05, 3.63) is 70.8 Å². The van der Waals surface area contributed by atoms with Gasteiger partial charge in [0.1, 0.15) is 6.17 Å². The number of nitrogens with zero attached hydrogens (tertiary/aromatic N) is 1. The molecule has 1 heterocycles. The third-order valence-electron chi connectivity index (χ3n) is 6.51. The van der Waals surface area contributed by atoms with Gasteiger partial charge in [0.25, 0.3) is 5.91 Å². The van der Waals surface area contributed by atoms with Crippen molar-refractivity contribution in [2.24, 2.45) is 0 Å². The Bertz CT molecular complexity index is 954. The topological polar surface area (TPSA) is 50.8 Å². The summed E-state index contributed by atoms with van der Waals surface area (Å²) in [5.74, 6) is 1.68. The summed E-state index contributed by atoms with van der Waals surface area (Å²) in [6.07, 6.45) is 5.00. The minimum atomic E-state index is -0.0295. The number of amides is 1. The molecular formula is C26H32N2O3. The molecule has 2 atom stereocenters. The highest BCUT2D eigenvalue weighted by atomic mass is 16.5. The van der Waals surface area contributed by atoms with Crippen LogP contribution in [0.4, 0.5) is 0 Å². The average Bonchev–Trinajstić information content (AvgIpc) is 3.10. The van der Waals surface area contributed by atoms with Gasteiger partial charge in [-0.1, -0.05) is 36.4 Å². The van der Waals surface area contributed by atoms with Crippen molar-refractivity contribution < 1.29 is 14.3 Å². The third-order valence-corrected chi connectivity index (χ3v) is 6.51. The molecule has 0 fully saturated rings. The molecule has 1 amide bonds. The fraction of sp³-hybridized carbons (Fsp3) is 0.423. The summed E-state index contributed by atoms with van der Waals surface area (Å²) in [5, 5.41) is 3.70. The van der Waals surface area contributed by atoms with Gasteiger partial charge in [-0.15, -0.1) is 0 Å². The van der Waals surface area contributed by atoms with E-state index in [0.717, 1.165) is 55.7 Å². The lowest BCUT2D eigenvalue weighted by Gasteiger charge is -2.33. The Balaban J connectivity index is 1.51. The molecule has 5 heteroatoms. The first kappa shape index (κ1) is 21.4. The second-order valence-corrected chi connectivity index (χ2v) is 8.31. The zero-order valence-corrected chi connectivity index (χ0v) is 18.7. The maximum Gasteiger partial charge on any atom is 0.251 e. The van der Waals surface area contributed by atoms with Crippen molar-refractivity contribution in [1.29, 1.82) is 0 Å². The van der Waals surface area contributed by atoms with Crippen LogP contribution < -0.4 is 14.8 Å². The van der Waals surface area contributed by atoms with Crippen molar-refractivity contribution in [2.75, 3.05) is 20.8 Å². The quantitative estimate of drug-likeness (QED) is 0.676. The van der Waals surface area contributed by atoms with E-state index >= 15 is 0 Å². The molecule has 0 spiro atoms. The van der Waals surface area contributed by atoms with Crippen molar-refractivity contribution >= 4 is 5.91 Å². The number of methoxy groups -OCH3 is 2. The van der Waals surface area contributed by atoms with Crippen LogP contribution in [0.1, 0.15) is 49.8 Å². The molecule has 1 aliphatic carbocycles. The lowest BCUT2D eigenvalue weighted by molar-refractivity contribution is -0.129. The van der Waals surface area contributed by atoms with E-state index in [0.29, 0.717) is 0 Å². The summed E-state index contributed by atoms with van der Waals surface area (Å²) in [7, 11) is 3.30. The number of hydrogen-bond acceptors (Lipinski definition) is 4. The molecule has 31 heavy (non-hydrogen) atoms. The Hall–Kier alpha value is -2.79. The molecule has 2 aromatic carbocycles. The molecule has 2 aromatic rings. The van der Waals surface area contributed by atoms with Gasteiger partial charge >= 0.3 is 0 Å². The number of carbonyl (C=O) groups is 1. The van der Waals surface area contributed by atoms with E-state index < -0.39 is 0 Å². The van der Waals surface area contributed by atoms with Gasteiger partial charge in [0, 0.05) is 12.1 Å². The Morgan fingerprint density at radius 3 is 2.52 bits per heavy atom. The van der Waals surface area contributed by atoms with E-state index in [-0.39, 0.29) is 18.1 Å². The van der Waals surface area contributed by atoms with Crippen LogP contribution in [0, 0.1) is 0 Å². The van der Waals surface area contributed by atoms with Crippen molar-refractivity contribution in [3.8, 4) is 11.5 Å². The maximum atomic E-state index is 13.3. The van der Waals surface area contributed by atoms with E-state index in [1.165, 1.54) is 16.7 Å². The molecule has 2 unspecified atom stereocenters. The van der Waals surface area contributed by atoms with Crippen LogP contribution in [0.3, 0.4) is 0 Å². The van der Waals surface area contributed by atoms with Crippen LogP contribution in [0.25, 0.3) is 0 Å². The van der Waals surface area contributed by atoms with E-state index in [1.807, 2.05) is 30.3 Å². The van der Waals surface area contributed by atoms with Crippen molar-refractivity contribution in [1.82, 2.24) is 10.2 Å². The molecule has 1 aliphatic heterocycles. The molecule has 0 radical (unpaired) electrons. The lowest BCUT2D eigenvalue weighted by atomic mass is 9.92. The van der Waals surface area contributed by atoms with Crippen LogP contribution in [0.15, 0.2) is 59.7 Å². The predicted octanol–water partition coefficient (Wildman–Crippen LogP) is 4.64. The number of benzene rings is 2. The number of rotatable bonds is 8. The Kier molecular flexibility index (Phi) is 6.62. The number of carbonyl (C=O) groups excluding carboxylic acids is 1. The van der Waals surface area contributed by atoms with Crippen LogP contribution in [-0.4, -0.2) is 37.7 Å². The Morgan fingerprint density at radius 1 is 1.03 bits per heavy atom.